The van der Waals surface area contributed by atoms with E-state index in [1.165, 1.54) is 6.20 Å². The predicted octanol–water partition coefficient (Wildman–Crippen LogP) is 1.53. The maximum absolute atomic E-state index is 12.7. The largest absolute Gasteiger partial charge is 0.335 e. The molecule has 1 N–H and O–H groups in total. The lowest BCUT2D eigenvalue weighted by molar-refractivity contribution is -0.142. The van der Waals surface area contributed by atoms with Crippen LogP contribution in [0, 0.1) is 12.3 Å². The van der Waals surface area contributed by atoms with Crippen LogP contribution in [0.4, 0.5) is 10.5 Å². The molecule has 6 heteroatoms. The van der Waals surface area contributed by atoms with Gasteiger partial charge in [-0.2, -0.15) is 0 Å². The Morgan fingerprint density at radius 2 is 1.90 bits per heavy atom. The highest BCUT2D eigenvalue weighted by molar-refractivity contribution is 6.29. The van der Waals surface area contributed by atoms with Gasteiger partial charge in [0, 0.05) is 5.69 Å². The summed E-state index contributed by atoms with van der Waals surface area (Å²) >= 11 is 0. The Labute approximate surface area is 116 Å². The van der Waals surface area contributed by atoms with Gasteiger partial charge in [-0.3, -0.25) is 19.9 Å². The number of urea groups is 1. The molecular weight excluding hydrogens is 258 g/mol. The number of carbonyl (C=O) groups is 3. The van der Waals surface area contributed by atoms with E-state index < -0.39 is 23.3 Å². The zero-order valence-corrected chi connectivity index (χ0v) is 11.2. The van der Waals surface area contributed by atoms with Crippen LogP contribution in [0.2, 0.25) is 0 Å². The van der Waals surface area contributed by atoms with Gasteiger partial charge in [-0.25, -0.2) is 9.69 Å². The number of anilines is 1. The van der Waals surface area contributed by atoms with Crippen molar-refractivity contribution in [2.45, 2.75) is 32.6 Å². The molecule has 0 aromatic carbocycles. The number of carbonyl (C=O) groups excluding carboxylic acids is 3. The van der Waals surface area contributed by atoms with Crippen molar-refractivity contribution in [3.63, 3.8) is 0 Å². The quantitative estimate of drug-likeness (QED) is 0.787. The molecule has 1 aromatic heterocycles. The average Bonchev–Trinajstić information content (AvgIpc) is 2.90. The molecule has 6 nitrogen and oxygen atoms in total. The SMILES string of the molecule is Cc1ccc(N2C(=O)NC(=O)C3(CCCC3)C2=O)cn1. The van der Waals surface area contributed by atoms with Crippen LogP contribution in [0.25, 0.3) is 0 Å². The minimum Gasteiger partial charge on any atom is -0.276 e. The number of aryl methyl sites for hydroxylation is 1. The van der Waals surface area contributed by atoms with Crippen LogP contribution in [-0.2, 0) is 9.59 Å². The van der Waals surface area contributed by atoms with Gasteiger partial charge in [-0.05, 0) is 31.9 Å². The lowest BCUT2D eigenvalue weighted by Crippen LogP contribution is -2.63. The first-order chi connectivity index (χ1) is 9.54. The van der Waals surface area contributed by atoms with Crippen molar-refractivity contribution in [2.24, 2.45) is 5.41 Å². The van der Waals surface area contributed by atoms with Crippen LogP contribution in [0.3, 0.4) is 0 Å². The molecule has 1 saturated heterocycles. The van der Waals surface area contributed by atoms with E-state index in [0.29, 0.717) is 18.5 Å². The number of hydrogen-bond acceptors (Lipinski definition) is 4. The second-order valence-electron chi connectivity index (χ2n) is 5.35. The fraction of sp³-hybridized carbons (Fsp3) is 0.429. The molecule has 0 unspecified atom stereocenters. The third-order valence-corrected chi connectivity index (χ3v) is 4.08. The monoisotopic (exact) mass is 273 g/mol. The Morgan fingerprint density at radius 3 is 2.50 bits per heavy atom. The summed E-state index contributed by atoms with van der Waals surface area (Å²) in [6, 6.07) is 2.70. The Balaban J connectivity index is 2.02. The summed E-state index contributed by atoms with van der Waals surface area (Å²) < 4.78 is 0. The van der Waals surface area contributed by atoms with Crippen LogP contribution in [0.1, 0.15) is 31.4 Å². The van der Waals surface area contributed by atoms with Crippen LogP contribution >= 0.6 is 0 Å². The smallest absolute Gasteiger partial charge is 0.276 e. The molecular formula is C14H15N3O3. The van der Waals surface area contributed by atoms with Crippen LogP contribution in [-0.4, -0.2) is 22.8 Å². The number of barbiturate groups is 1. The number of hydrogen-bond donors (Lipinski definition) is 1. The number of amides is 4. The number of imide groups is 2. The van der Waals surface area contributed by atoms with E-state index in [2.05, 4.69) is 10.3 Å². The standard InChI is InChI=1S/C14H15N3O3/c1-9-4-5-10(8-15-9)17-12(19)14(6-2-3-7-14)11(18)16-13(17)20/h4-5,8H,2-3,6-7H2,1H3,(H,16,18,20). The van der Waals surface area contributed by atoms with E-state index in [1.807, 2.05) is 6.92 Å². The van der Waals surface area contributed by atoms with Gasteiger partial charge in [0.2, 0.25) is 5.91 Å². The number of aromatic nitrogens is 1. The molecule has 1 aromatic rings. The Bertz CT molecular complexity index is 588. The summed E-state index contributed by atoms with van der Waals surface area (Å²) in [5.74, 6) is -0.879. The Kier molecular flexibility index (Phi) is 2.81. The van der Waals surface area contributed by atoms with E-state index in [-0.39, 0.29) is 0 Å². The molecule has 2 fully saturated rings. The van der Waals surface area contributed by atoms with E-state index in [4.69, 9.17) is 0 Å². The van der Waals surface area contributed by atoms with Crippen molar-refractivity contribution in [1.29, 1.82) is 0 Å². The second kappa shape index (κ2) is 4.40. The molecule has 3 rings (SSSR count). The fourth-order valence-corrected chi connectivity index (χ4v) is 2.92. The topological polar surface area (TPSA) is 79.4 Å². The Hall–Kier alpha value is -2.24. The van der Waals surface area contributed by atoms with Gasteiger partial charge in [-0.15, -0.1) is 0 Å². The van der Waals surface area contributed by atoms with Gasteiger partial charge in [0.15, 0.2) is 0 Å². The fourth-order valence-electron chi connectivity index (χ4n) is 2.92. The molecule has 20 heavy (non-hydrogen) atoms. The number of nitrogens with zero attached hydrogens (tertiary/aromatic N) is 2. The molecule has 4 amide bonds. The minimum atomic E-state index is -1.07. The second-order valence-corrected chi connectivity index (χ2v) is 5.35. The molecule has 2 aliphatic rings. The highest BCUT2D eigenvalue weighted by atomic mass is 16.2. The molecule has 1 saturated carbocycles. The summed E-state index contributed by atoms with van der Waals surface area (Å²) in [6.45, 7) is 1.82. The molecule has 104 valence electrons. The summed E-state index contributed by atoms with van der Waals surface area (Å²) in [5.41, 5.74) is 0.126. The van der Waals surface area contributed by atoms with Gasteiger partial charge >= 0.3 is 6.03 Å². The van der Waals surface area contributed by atoms with Crippen molar-refractivity contribution in [3.05, 3.63) is 24.0 Å². The third kappa shape index (κ3) is 1.71. The van der Waals surface area contributed by atoms with Crippen molar-refractivity contribution in [3.8, 4) is 0 Å². The van der Waals surface area contributed by atoms with E-state index >= 15 is 0 Å². The molecule has 0 bridgehead atoms. The lowest BCUT2D eigenvalue weighted by atomic mass is 9.82. The lowest BCUT2D eigenvalue weighted by Gasteiger charge is -2.36. The van der Waals surface area contributed by atoms with Crippen LogP contribution < -0.4 is 10.2 Å². The first-order valence-electron chi connectivity index (χ1n) is 6.67. The highest BCUT2D eigenvalue weighted by Gasteiger charge is 2.55. The zero-order chi connectivity index (χ0) is 14.3. The highest BCUT2D eigenvalue weighted by Crippen LogP contribution is 2.42. The van der Waals surface area contributed by atoms with E-state index in [1.54, 1.807) is 12.1 Å². The molecule has 1 spiro atoms. The Morgan fingerprint density at radius 1 is 1.20 bits per heavy atom. The number of rotatable bonds is 1. The van der Waals surface area contributed by atoms with E-state index in [9.17, 15) is 14.4 Å². The van der Waals surface area contributed by atoms with E-state index in [0.717, 1.165) is 23.4 Å². The molecule has 0 atom stereocenters. The van der Waals surface area contributed by atoms with Crippen molar-refractivity contribution < 1.29 is 14.4 Å². The first-order valence-corrected chi connectivity index (χ1v) is 6.67. The average molecular weight is 273 g/mol. The minimum absolute atomic E-state index is 0.400. The normalized spacial score (nSPS) is 21.4. The van der Waals surface area contributed by atoms with Crippen molar-refractivity contribution in [2.75, 3.05) is 4.90 Å². The molecule has 1 aliphatic heterocycles. The van der Waals surface area contributed by atoms with Gasteiger partial charge in [0.1, 0.15) is 5.41 Å². The predicted molar refractivity (Wildman–Crippen MR) is 70.9 cm³/mol. The maximum atomic E-state index is 12.7. The van der Waals surface area contributed by atoms with Gasteiger partial charge in [-0.1, -0.05) is 12.8 Å². The summed E-state index contributed by atoms with van der Waals surface area (Å²) in [6.07, 6.45) is 4.13. The summed E-state index contributed by atoms with van der Waals surface area (Å²) in [4.78, 5) is 41.9. The maximum Gasteiger partial charge on any atom is 0.335 e. The van der Waals surface area contributed by atoms with Crippen molar-refractivity contribution in [1.82, 2.24) is 10.3 Å². The van der Waals surface area contributed by atoms with Crippen LogP contribution in [0.5, 0.6) is 0 Å². The molecule has 0 radical (unpaired) electrons. The number of pyridine rings is 1. The molecule has 1 aliphatic carbocycles. The third-order valence-electron chi connectivity index (χ3n) is 4.08. The van der Waals surface area contributed by atoms with Gasteiger partial charge in [0.25, 0.3) is 5.91 Å². The number of nitrogens with one attached hydrogen (secondary N) is 1. The zero-order valence-electron chi connectivity index (χ0n) is 11.2. The van der Waals surface area contributed by atoms with Crippen LogP contribution in [0.15, 0.2) is 18.3 Å². The summed E-state index contributed by atoms with van der Waals surface area (Å²) in [7, 11) is 0. The van der Waals surface area contributed by atoms with Crippen molar-refractivity contribution >= 4 is 23.5 Å². The molecule has 2 heterocycles. The first kappa shape index (κ1) is 12.8. The van der Waals surface area contributed by atoms with Gasteiger partial charge in [0.05, 0.1) is 11.9 Å². The summed E-state index contributed by atoms with van der Waals surface area (Å²) in [5, 5.41) is 2.31. The van der Waals surface area contributed by atoms with Gasteiger partial charge < -0.3 is 0 Å².